The second kappa shape index (κ2) is 9.78. The van der Waals surface area contributed by atoms with Crippen molar-refractivity contribution in [2.24, 2.45) is 0 Å². The van der Waals surface area contributed by atoms with Crippen molar-refractivity contribution in [1.82, 2.24) is 15.5 Å². The molecule has 1 atom stereocenters. The van der Waals surface area contributed by atoms with E-state index in [0.29, 0.717) is 18.7 Å². The molecule has 30 heavy (non-hydrogen) atoms. The van der Waals surface area contributed by atoms with Crippen LogP contribution in [0.25, 0.3) is 0 Å². The SMILES string of the molecule is COc1ccc(CCNC(=O)C[C@H]2NC(=O)N(Cc3ccc(OC)cc3)C2=O)cc1. The first-order valence-electron chi connectivity index (χ1n) is 9.64. The first-order valence-corrected chi connectivity index (χ1v) is 9.64. The summed E-state index contributed by atoms with van der Waals surface area (Å²) in [4.78, 5) is 38.1. The Morgan fingerprint density at radius 2 is 1.53 bits per heavy atom. The molecular weight excluding hydrogens is 386 g/mol. The number of hydrogen-bond acceptors (Lipinski definition) is 5. The van der Waals surface area contributed by atoms with Crippen LogP contribution in [0.1, 0.15) is 17.5 Å². The molecule has 0 unspecified atom stereocenters. The van der Waals surface area contributed by atoms with Gasteiger partial charge in [-0.25, -0.2) is 4.79 Å². The van der Waals surface area contributed by atoms with Crippen LogP contribution in [-0.2, 0) is 22.6 Å². The van der Waals surface area contributed by atoms with Crippen LogP contribution in [0, 0.1) is 0 Å². The van der Waals surface area contributed by atoms with E-state index in [4.69, 9.17) is 9.47 Å². The molecule has 0 aromatic heterocycles. The number of urea groups is 1. The van der Waals surface area contributed by atoms with Gasteiger partial charge >= 0.3 is 6.03 Å². The first kappa shape index (κ1) is 21.2. The van der Waals surface area contributed by atoms with Gasteiger partial charge in [-0.3, -0.25) is 14.5 Å². The van der Waals surface area contributed by atoms with Crippen LogP contribution in [0.4, 0.5) is 4.79 Å². The molecule has 158 valence electrons. The number of nitrogens with zero attached hydrogens (tertiary/aromatic N) is 1. The number of methoxy groups -OCH3 is 2. The Bertz CT molecular complexity index is 896. The maximum absolute atomic E-state index is 12.6. The maximum atomic E-state index is 12.6. The molecule has 1 heterocycles. The van der Waals surface area contributed by atoms with Gasteiger partial charge in [0.15, 0.2) is 0 Å². The van der Waals surface area contributed by atoms with E-state index in [0.717, 1.165) is 21.8 Å². The number of amides is 4. The highest BCUT2D eigenvalue weighted by atomic mass is 16.5. The Hall–Kier alpha value is -3.55. The summed E-state index contributed by atoms with van der Waals surface area (Å²) >= 11 is 0. The number of carbonyl (C=O) groups excluding carboxylic acids is 3. The third-order valence-electron chi connectivity index (χ3n) is 4.89. The van der Waals surface area contributed by atoms with E-state index in [9.17, 15) is 14.4 Å². The van der Waals surface area contributed by atoms with Crippen LogP contribution >= 0.6 is 0 Å². The van der Waals surface area contributed by atoms with Gasteiger partial charge in [-0.2, -0.15) is 0 Å². The van der Waals surface area contributed by atoms with Crippen molar-refractivity contribution in [3.8, 4) is 11.5 Å². The van der Waals surface area contributed by atoms with Crippen molar-refractivity contribution >= 4 is 17.8 Å². The van der Waals surface area contributed by atoms with Crippen molar-refractivity contribution < 1.29 is 23.9 Å². The second-order valence-corrected chi connectivity index (χ2v) is 6.93. The summed E-state index contributed by atoms with van der Waals surface area (Å²) in [5, 5.41) is 5.38. The molecule has 4 amide bonds. The van der Waals surface area contributed by atoms with E-state index < -0.39 is 18.0 Å². The lowest BCUT2D eigenvalue weighted by atomic mass is 10.1. The molecule has 2 aromatic rings. The van der Waals surface area contributed by atoms with Gasteiger partial charge in [0, 0.05) is 6.54 Å². The average Bonchev–Trinajstić information content (AvgIpc) is 3.02. The van der Waals surface area contributed by atoms with Gasteiger partial charge in [-0.05, 0) is 41.8 Å². The topological polar surface area (TPSA) is 97.0 Å². The minimum atomic E-state index is -0.850. The van der Waals surface area contributed by atoms with Crippen LogP contribution in [0.5, 0.6) is 11.5 Å². The zero-order chi connectivity index (χ0) is 21.5. The standard InChI is InChI=1S/C22H25N3O5/c1-29-17-7-3-15(4-8-17)11-12-23-20(26)13-19-21(27)25(22(28)24-19)14-16-5-9-18(30-2)10-6-16/h3-10,19H,11-14H2,1-2H3,(H,23,26)(H,24,28)/t19-/m1/s1. The van der Waals surface area contributed by atoms with Gasteiger partial charge in [0.1, 0.15) is 17.5 Å². The van der Waals surface area contributed by atoms with Crippen LogP contribution in [0.2, 0.25) is 0 Å². The smallest absolute Gasteiger partial charge is 0.325 e. The Morgan fingerprint density at radius 1 is 0.967 bits per heavy atom. The number of ether oxygens (including phenoxy) is 2. The molecule has 1 aliphatic rings. The Balaban J connectivity index is 1.46. The van der Waals surface area contributed by atoms with Gasteiger partial charge in [-0.15, -0.1) is 0 Å². The average molecular weight is 411 g/mol. The largest absolute Gasteiger partial charge is 0.497 e. The lowest BCUT2D eigenvalue weighted by Gasteiger charge is -2.13. The lowest BCUT2D eigenvalue weighted by molar-refractivity contribution is -0.131. The minimum Gasteiger partial charge on any atom is -0.497 e. The zero-order valence-electron chi connectivity index (χ0n) is 17.0. The Morgan fingerprint density at radius 3 is 2.10 bits per heavy atom. The fourth-order valence-corrected chi connectivity index (χ4v) is 3.17. The van der Waals surface area contributed by atoms with Crippen molar-refractivity contribution in [1.29, 1.82) is 0 Å². The molecule has 8 nitrogen and oxygen atoms in total. The normalized spacial score (nSPS) is 15.7. The highest BCUT2D eigenvalue weighted by Crippen LogP contribution is 2.17. The van der Waals surface area contributed by atoms with Crippen LogP contribution in [0.3, 0.4) is 0 Å². The number of benzene rings is 2. The second-order valence-electron chi connectivity index (χ2n) is 6.93. The third kappa shape index (κ3) is 5.28. The van der Waals surface area contributed by atoms with Gasteiger partial charge in [-0.1, -0.05) is 24.3 Å². The van der Waals surface area contributed by atoms with Gasteiger partial charge in [0.25, 0.3) is 5.91 Å². The molecule has 2 aromatic carbocycles. The highest BCUT2D eigenvalue weighted by Gasteiger charge is 2.38. The van der Waals surface area contributed by atoms with E-state index in [-0.39, 0.29) is 18.9 Å². The summed E-state index contributed by atoms with van der Waals surface area (Å²) in [6, 6.07) is 13.4. The quantitative estimate of drug-likeness (QED) is 0.614. The van der Waals surface area contributed by atoms with Crippen LogP contribution in [-0.4, -0.2) is 49.6 Å². The van der Waals surface area contributed by atoms with E-state index in [1.54, 1.807) is 38.5 Å². The van der Waals surface area contributed by atoms with Gasteiger partial charge < -0.3 is 20.1 Å². The summed E-state index contributed by atoms with van der Waals surface area (Å²) < 4.78 is 10.2. The molecule has 8 heteroatoms. The zero-order valence-corrected chi connectivity index (χ0v) is 17.0. The Kier molecular flexibility index (Phi) is 6.90. The molecule has 1 fully saturated rings. The van der Waals surface area contributed by atoms with Crippen molar-refractivity contribution in [2.45, 2.75) is 25.4 Å². The molecule has 1 saturated heterocycles. The molecule has 0 aliphatic carbocycles. The minimum absolute atomic E-state index is 0.0910. The molecule has 3 rings (SSSR count). The fourth-order valence-electron chi connectivity index (χ4n) is 3.17. The molecular formula is C22H25N3O5. The summed E-state index contributed by atoms with van der Waals surface area (Å²) in [5.41, 5.74) is 1.86. The molecule has 0 radical (unpaired) electrons. The summed E-state index contributed by atoms with van der Waals surface area (Å²) in [6.45, 7) is 0.583. The van der Waals surface area contributed by atoms with Crippen molar-refractivity contribution in [3.05, 3.63) is 59.7 Å². The van der Waals surface area contributed by atoms with Gasteiger partial charge in [0.2, 0.25) is 5.91 Å². The fraction of sp³-hybridized carbons (Fsp3) is 0.318. The maximum Gasteiger partial charge on any atom is 0.325 e. The Labute approximate surface area is 175 Å². The van der Waals surface area contributed by atoms with Crippen molar-refractivity contribution in [3.63, 3.8) is 0 Å². The first-order chi connectivity index (χ1) is 14.5. The van der Waals surface area contributed by atoms with Gasteiger partial charge in [0.05, 0.1) is 27.2 Å². The van der Waals surface area contributed by atoms with E-state index in [2.05, 4.69) is 10.6 Å². The third-order valence-corrected chi connectivity index (χ3v) is 4.89. The highest BCUT2D eigenvalue weighted by molar-refractivity contribution is 6.05. The number of nitrogens with one attached hydrogen (secondary N) is 2. The summed E-state index contributed by atoms with van der Waals surface area (Å²) in [6.07, 6.45) is 0.566. The van der Waals surface area contributed by atoms with Crippen LogP contribution in [0.15, 0.2) is 48.5 Å². The van der Waals surface area contributed by atoms with Crippen LogP contribution < -0.4 is 20.1 Å². The van der Waals surface area contributed by atoms with E-state index in [1.165, 1.54) is 0 Å². The predicted molar refractivity (Wildman–Crippen MR) is 110 cm³/mol. The number of hydrogen-bond donors (Lipinski definition) is 2. The molecule has 0 saturated carbocycles. The molecule has 0 bridgehead atoms. The van der Waals surface area contributed by atoms with E-state index in [1.807, 2.05) is 24.3 Å². The lowest BCUT2D eigenvalue weighted by Crippen LogP contribution is -2.37. The van der Waals surface area contributed by atoms with E-state index >= 15 is 0 Å². The summed E-state index contributed by atoms with van der Waals surface area (Å²) in [5.74, 6) is 0.784. The predicted octanol–water partition coefficient (Wildman–Crippen LogP) is 1.87. The number of imide groups is 1. The molecule has 2 N–H and O–H groups in total. The van der Waals surface area contributed by atoms with Crippen molar-refractivity contribution in [2.75, 3.05) is 20.8 Å². The molecule has 1 aliphatic heterocycles. The number of rotatable bonds is 9. The monoisotopic (exact) mass is 411 g/mol. The summed E-state index contributed by atoms with van der Waals surface area (Å²) in [7, 11) is 3.18. The number of carbonyl (C=O) groups is 3. The molecule has 0 spiro atoms.